The van der Waals surface area contributed by atoms with Crippen molar-refractivity contribution in [2.24, 2.45) is 5.92 Å². The fraction of sp³-hybridized carbons (Fsp3) is 0.444. The average Bonchev–Trinajstić information content (AvgIpc) is 3.15. The van der Waals surface area contributed by atoms with E-state index < -0.39 is 0 Å². The molecule has 1 N–H and O–H groups in total. The van der Waals surface area contributed by atoms with E-state index in [4.69, 9.17) is 9.63 Å². The standard InChI is InChI=1S/C18H22N2O3/c1-12-17(13(2)23-19-12)18(22)20-8-7-16(10-20)9-14-3-5-15(11-21)6-4-14/h3-6,16,21H,7-11H2,1-2H3/t16-/m1/s1. The summed E-state index contributed by atoms with van der Waals surface area (Å²) < 4.78 is 5.10. The third-order valence-corrected chi connectivity index (χ3v) is 4.55. The highest BCUT2D eigenvalue weighted by Gasteiger charge is 2.30. The average molecular weight is 314 g/mol. The van der Waals surface area contributed by atoms with Crippen molar-refractivity contribution in [1.29, 1.82) is 0 Å². The topological polar surface area (TPSA) is 66.6 Å². The molecule has 1 atom stereocenters. The number of rotatable bonds is 4. The molecule has 1 aliphatic heterocycles. The summed E-state index contributed by atoms with van der Waals surface area (Å²) in [4.78, 5) is 14.5. The van der Waals surface area contributed by atoms with Gasteiger partial charge in [0.15, 0.2) is 0 Å². The second kappa shape index (κ2) is 6.54. The number of amides is 1. The number of aromatic nitrogens is 1. The largest absolute Gasteiger partial charge is 0.392 e. The number of hydrogen-bond acceptors (Lipinski definition) is 4. The lowest BCUT2D eigenvalue weighted by Gasteiger charge is -2.16. The number of carbonyl (C=O) groups excluding carboxylic acids is 1. The molecule has 23 heavy (non-hydrogen) atoms. The van der Waals surface area contributed by atoms with Crippen LogP contribution in [0.4, 0.5) is 0 Å². The van der Waals surface area contributed by atoms with Crippen molar-refractivity contribution in [3.63, 3.8) is 0 Å². The molecular formula is C18H22N2O3. The quantitative estimate of drug-likeness (QED) is 0.941. The summed E-state index contributed by atoms with van der Waals surface area (Å²) in [6, 6.07) is 8.03. The van der Waals surface area contributed by atoms with E-state index in [0.717, 1.165) is 31.5 Å². The van der Waals surface area contributed by atoms with Crippen LogP contribution in [-0.4, -0.2) is 34.2 Å². The zero-order valence-corrected chi connectivity index (χ0v) is 13.6. The number of aliphatic hydroxyl groups excluding tert-OH is 1. The van der Waals surface area contributed by atoms with E-state index in [9.17, 15) is 4.79 Å². The van der Waals surface area contributed by atoms with E-state index in [0.29, 0.717) is 22.9 Å². The Kier molecular flexibility index (Phi) is 4.48. The Morgan fingerprint density at radius 3 is 2.61 bits per heavy atom. The smallest absolute Gasteiger partial charge is 0.259 e. The zero-order valence-electron chi connectivity index (χ0n) is 13.6. The summed E-state index contributed by atoms with van der Waals surface area (Å²) in [6.07, 6.45) is 1.97. The van der Waals surface area contributed by atoms with Crippen molar-refractivity contribution >= 4 is 5.91 Å². The molecule has 5 heteroatoms. The van der Waals surface area contributed by atoms with E-state index in [-0.39, 0.29) is 12.5 Å². The van der Waals surface area contributed by atoms with Crippen molar-refractivity contribution in [1.82, 2.24) is 10.1 Å². The molecular weight excluding hydrogens is 292 g/mol. The number of carbonyl (C=O) groups is 1. The maximum Gasteiger partial charge on any atom is 0.259 e. The third-order valence-electron chi connectivity index (χ3n) is 4.55. The first-order valence-corrected chi connectivity index (χ1v) is 7.99. The van der Waals surface area contributed by atoms with Gasteiger partial charge in [0, 0.05) is 13.1 Å². The molecule has 0 spiro atoms. The van der Waals surface area contributed by atoms with Gasteiger partial charge in [0.1, 0.15) is 11.3 Å². The fourth-order valence-corrected chi connectivity index (χ4v) is 3.24. The van der Waals surface area contributed by atoms with Gasteiger partial charge in [-0.05, 0) is 43.7 Å². The van der Waals surface area contributed by atoms with Crippen LogP contribution in [0.2, 0.25) is 0 Å². The van der Waals surface area contributed by atoms with Gasteiger partial charge in [-0.3, -0.25) is 4.79 Å². The molecule has 2 aromatic rings. The number of nitrogens with zero attached hydrogens (tertiary/aromatic N) is 2. The van der Waals surface area contributed by atoms with Crippen LogP contribution in [0.5, 0.6) is 0 Å². The first-order valence-electron chi connectivity index (χ1n) is 7.99. The second-order valence-corrected chi connectivity index (χ2v) is 6.28. The van der Waals surface area contributed by atoms with Crippen LogP contribution < -0.4 is 0 Å². The van der Waals surface area contributed by atoms with Crippen LogP contribution >= 0.6 is 0 Å². The van der Waals surface area contributed by atoms with E-state index in [1.54, 1.807) is 13.8 Å². The Morgan fingerprint density at radius 1 is 1.30 bits per heavy atom. The molecule has 1 aliphatic rings. The van der Waals surface area contributed by atoms with Crippen molar-refractivity contribution in [2.75, 3.05) is 13.1 Å². The minimum atomic E-state index is 0.0272. The Bertz CT molecular complexity index is 671. The van der Waals surface area contributed by atoms with Gasteiger partial charge in [0.2, 0.25) is 0 Å². The van der Waals surface area contributed by atoms with Crippen LogP contribution in [0, 0.1) is 19.8 Å². The minimum Gasteiger partial charge on any atom is -0.392 e. The molecule has 0 bridgehead atoms. The first kappa shape index (κ1) is 15.7. The molecule has 1 aromatic heterocycles. The van der Waals surface area contributed by atoms with Crippen LogP contribution in [0.15, 0.2) is 28.8 Å². The Hall–Kier alpha value is -2.14. The normalized spacial score (nSPS) is 17.7. The zero-order chi connectivity index (χ0) is 16.4. The molecule has 0 saturated carbocycles. The molecule has 1 amide bonds. The minimum absolute atomic E-state index is 0.0272. The van der Waals surface area contributed by atoms with Gasteiger partial charge in [-0.25, -0.2) is 0 Å². The summed E-state index contributed by atoms with van der Waals surface area (Å²) in [5.74, 6) is 1.09. The van der Waals surface area contributed by atoms with Crippen LogP contribution in [0.1, 0.15) is 39.4 Å². The second-order valence-electron chi connectivity index (χ2n) is 6.28. The molecule has 0 radical (unpaired) electrons. The van der Waals surface area contributed by atoms with E-state index in [1.165, 1.54) is 5.56 Å². The first-order chi connectivity index (χ1) is 11.1. The maximum atomic E-state index is 12.6. The Balaban J connectivity index is 1.63. The van der Waals surface area contributed by atoms with Crippen molar-refractivity contribution < 1.29 is 14.4 Å². The van der Waals surface area contributed by atoms with Gasteiger partial charge in [-0.1, -0.05) is 29.4 Å². The third kappa shape index (κ3) is 3.29. The van der Waals surface area contributed by atoms with Gasteiger partial charge in [0.25, 0.3) is 5.91 Å². The Labute approximate surface area is 135 Å². The summed E-state index contributed by atoms with van der Waals surface area (Å²) in [5, 5.41) is 13.0. The molecule has 1 aromatic carbocycles. The lowest BCUT2D eigenvalue weighted by Crippen LogP contribution is -2.29. The fourth-order valence-electron chi connectivity index (χ4n) is 3.24. The number of likely N-dealkylation sites (tertiary alicyclic amines) is 1. The Morgan fingerprint density at radius 2 is 2.00 bits per heavy atom. The van der Waals surface area contributed by atoms with Gasteiger partial charge < -0.3 is 14.5 Å². The molecule has 0 aliphatic carbocycles. The summed E-state index contributed by atoms with van der Waals surface area (Å²) in [5.41, 5.74) is 3.45. The predicted octanol–water partition coefficient (Wildman–Crippen LogP) is 2.49. The molecule has 5 nitrogen and oxygen atoms in total. The van der Waals surface area contributed by atoms with E-state index in [2.05, 4.69) is 17.3 Å². The van der Waals surface area contributed by atoms with Gasteiger partial charge in [-0.15, -0.1) is 0 Å². The van der Waals surface area contributed by atoms with Crippen LogP contribution in [-0.2, 0) is 13.0 Å². The van der Waals surface area contributed by atoms with Crippen molar-refractivity contribution in [3.05, 3.63) is 52.4 Å². The molecule has 1 fully saturated rings. The SMILES string of the molecule is Cc1noc(C)c1C(=O)N1CC[C@H](Cc2ccc(CO)cc2)C1. The van der Waals surface area contributed by atoms with E-state index >= 15 is 0 Å². The number of aryl methyl sites for hydroxylation is 2. The molecule has 3 rings (SSSR count). The van der Waals surface area contributed by atoms with Crippen molar-refractivity contribution in [3.8, 4) is 0 Å². The van der Waals surface area contributed by atoms with Crippen molar-refractivity contribution in [2.45, 2.75) is 33.3 Å². The highest BCUT2D eigenvalue weighted by atomic mass is 16.5. The van der Waals surface area contributed by atoms with Gasteiger partial charge in [-0.2, -0.15) is 0 Å². The van der Waals surface area contributed by atoms with Crippen LogP contribution in [0.3, 0.4) is 0 Å². The number of aliphatic hydroxyl groups is 1. The molecule has 1 saturated heterocycles. The predicted molar refractivity (Wildman–Crippen MR) is 86.1 cm³/mol. The van der Waals surface area contributed by atoms with E-state index in [1.807, 2.05) is 17.0 Å². The summed E-state index contributed by atoms with van der Waals surface area (Å²) in [7, 11) is 0. The highest BCUT2D eigenvalue weighted by Crippen LogP contribution is 2.24. The summed E-state index contributed by atoms with van der Waals surface area (Å²) >= 11 is 0. The molecule has 0 unspecified atom stereocenters. The maximum absolute atomic E-state index is 12.6. The number of hydrogen-bond donors (Lipinski definition) is 1. The molecule has 2 heterocycles. The summed E-state index contributed by atoms with van der Waals surface area (Å²) in [6.45, 7) is 5.21. The number of benzene rings is 1. The lowest BCUT2D eigenvalue weighted by atomic mass is 9.98. The lowest BCUT2D eigenvalue weighted by molar-refractivity contribution is 0.0784. The van der Waals surface area contributed by atoms with Gasteiger partial charge >= 0.3 is 0 Å². The monoisotopic (exact) mass is 314 g/mol. The highest BCUT2D eigenvalue weighted by molar-refractivity contribution is 5.96. The molecule has 122 valence electrons. The van der Waals surface area contributed by atoms with Crippen LogP contribution in [0.25, 0.3) is 0 Å². The van der Waals surface area contributed by atoms with Gasteiger partial charge in [0.05, 0.1) is 12.3 Å².